The van der Waals surface area contributed by atoms with Crippen LogP contribution in [-0.4, -0.2) is 16.2 Å². The van der Waals surface area contributed by atoms with E-state index in [1.165, 1.54) is 18.5 Å². The Balaban J connectivity index is 2.40. The van der Waals surface area contributed by atoms with E-state index in [1.54, 1.807) is 0 Å². The molecule has 1 aromatic rings. The van der Waals surface area contributed by atoms with Crippen LogP contribution >= 0.6 is 11.6 Å². The molecule has 3 heteroatoms. The molecule has 100 valence electrons. The second kappa shape index (κ2) is 5.08. The first-order valence-corrected chi connectivity index (χ1v) is 7.28. The first-order valence-electron chi connectivity index (χ1n) is 6.75. The normalized spacial score (nSPS) is 27.7. The number of hydrogen-bond acceptors (Lipinski definition) is 1. The highest BCUT2D eigenvalue weighted by atomic mass is 35.5. The van der Waals surface area contributed by atoms with Crippen molar-refractivity contribution < 1.29 is 4.79 Å². The third-order valence-corrected chi connectivity index (χ3v) is 4.90. The van der Waals surface area contributed by atoms with Gasteiger partial charge in [-0.15, -0.1) is 11.6 Å². The molecule has 1 saturated carbocycles. The third kappa shape index (κ3) is 2.11. The number of ketones is 1. The van der Waals surface area contributed by atoms with Gasteiger partial charge in [0.25, 0.3) is 0 Å². The molecule has 0 spiro atoms. The molecule has 1 aliphatic carbocycles. The fraction of sp³-hybridized carbons (Fsp3) is 0.667. The predicted molar refractivity (Wildman–Crippen MR) is 75.6 cm³/mol. The molecule has 1 aromatic heterocycles. The number of halogens is 1. The maximum atomic E-state index is 11.8. The van der Waals surface area contributed by atoms with E-state index in [4.69, 9.17) is 11.6 Å². The van der Waals surface area contributed by atoms with Gasteiger partial charge >= 0.3 is 0 Å². The van der Waals surface area contributed by atoms with Crippen LogP contribution in [0.3, 0.4) is 0 Å². The van der Waals surface area contributed by atoms with Gasteiger partial charge < -0.3 is 4.57 Å². The molecule has 2 nitrogen and oxygen atoms in total. The number of hydrogen-bond donors (Lipinski definition) is 0. The highest BCUT2D eigenvalue weighted by Crippen LogP contribution is 2.41. The van der Waals surface area contributed by atoms with Gasteiger partial charge in [0.15, 0.2) is 5.78 Å². The molecule has 2 rings (SSSR count). The molecule has 1 aliphatic rings. The quantitative estimate of drug-likeness (QED) is 0.596. The number of Topliss-reactive ketones (excluding diaryl/α,β-unsaturated/α-hetero) is 1. The van der Waals surface area contributed by atoms with Gasteiger partial charge in [0.05, 0.1) is 5.88 Å². The van der Waals surface area contributed by atoms with Gasteiger partial charge in [-0.1, -0.05) is 13.8 Å². The van der Waals surface area contributed by atoms with Gasteiger partial charge in [0.2, 0.25) is 0 Å². The summed E-state index contributed by atoms with van der Waals surface area (Å²) < 4.78 is 2.36. The van der Waals surface area contributed by atoms with Crippen molar-refractivity contribution in [2.45, 2.75) is 46.6 Å². The molecule has 0 amide bonds. The second-order valence-corrected chi connectivity index (χ2v) is 5.96. The van der Waals surface area contributed by atoms with Crippen LogP contribution in [0.15, 0.2) is 6.07 Å². The van der Waals surface area contributed by atoms with E-state index in [9.17, 15) is 4.79 Å². The van der Waals surface area contributed by atoms with Gasteiger partial charge in [-0.25, -0.2) is 0 Å². The smallest absolute Gasteiger partial charge is 0.179 e. The molecule has 3 unspecified atom stereocenters. The monoisotopic (exact) mass is 267 g/mol. The standard InChI is InChI=1S/C15H22ClNO/c1-9-5-6-14(11(9)3)17-10(2)7-13(12(17)4)15(18)8-16/h7,9,11,14H,5-6,8H2,1-4H3. The van der Waals surface area contributed by atoms with Crippen molar-refractivity contribution in [3.63, 3.8) is 0 Å². The van der Waals surface area contributed by atoms with Crippen LogP contribution in [0.2, 0.25) is 0 Å². The second-order valence-electron chi connectivity index (χ2n) is 5.69. The maximum Gasteiger partial charge on any atom is 0.179 e. The van der Waals surface area contributed by atoms with Crippen molar-refractivity contribution in [3.8, 4) is 0 Å². The molecule has 0 radical (unpaired) electrons. The van der Waals surface area contributed by atoms with Crippen molar-refractivity contribution in [2.24, 2.45) is 11.8 Å². The number of aromatic nitrogens is 1. The zero-order valence-electron chi connectivity index (χ0n) is 11.7. The maximum absolute atomic E-state index is 11.8. The lowest BCUT2D eigenvalue weighted by Crippen LogP contribution is -2.17. The van der Waals surface area contributed by atoms with E-state index in [-0.39, 0.29) is 11.7 Å². The van der Waals surface area contributed by atoms with Crippen molar-refractivity contribution in [1.82, 2.24) is 4.57 Å². The average molecular weight is 268 g/mol. The SMILES string of the molecule is Cc1cc(C(=O)CCl)c(C)n1C1CCC(C)C1C. The van der Waals surface area contributed by atoms with E-state index in [0.29, 0.717) is 12.0 Å². The minimum absolute atomic E-state index is 0.0368. The summed E-state index contributed by atoms with van der Waals surface area (Å²) in [7, 11) is 0. The Morgan fingerprint density at radius 3 is 2.56 bits per heavy atom. The number of alkyl halides is 1. The van der Waals surface area contributed by atoms with Crippen LogP contribution in [-0.2, 0) is 0 Å². The Labute approximate surface area is 114 Å². The van der Waals surface area contributed by atoms with Crippen molar-refractivity contribution in [2.75, 3.05) is 5.88 Å². The van der Waals surface area contributed by atoms with E-state index in [1.807, 2.05) is 13.0 Å². The van der Waals surface area contributed by atoms with Crippen molar-refractivity contribution >= 4 is 17.4 Å². The first-order chi connectivity index (χ1) is 8.47. The van der Waals surface area contributed by atoms with Crippen LogP contribution < -0.4 is 0 Å². The molecule has 0 N–H and O–H groups in total. The summed E-state index contributed by atoms with van der Waals surface area (Å²) in [4.78, 5) is 11.8. The summed E-state index contributed by atoms with van der Waals surface area (Å²) in [5, 5.41) is 0. The Bertz CT molecular complexity index is 463. The summed E-state index contributed by atoms with van der Waals surface area (Å²) in [6, 6.07) is 2.53. The number of carbonyl (C=O) groups excluding carboxylic acids is 1. The van der Waals surface area contributed by atoms with Gasteiger partial charge in [0, 0.05) is 23.0 Å². The lowest BCUT2D eigenvalue weighted by atomic mass is 9.97. The average Bonchev–Trinajstić information content (AvgIpc) is 2.81. The van der Waals surface area contributed by atoms with E-state index >= 15 is 0 Å². The summed E-state index contributed by atoms with van der Waals surface area (Å²) in [5.74, 6) is 1.55. The molecule has 18 heavy (non-hydrogen) atoms. The van der Waals surface area contributed by atoms with E-state index < -0.39 is 0 Å². The molecule has 0 aliphatic heterocycles. The van der Waals surface area contributed by atoms with Gasteiger partial charge in [-0.3, -0.25) is 4.79 Å². The highest BCUT2D eigenvalue weighted by Gasteiger charge is 2.33. The fourth-order valence-electron chi connectivity index (χ4n) is 3.34. The Kier molecular flexibility index (Phi) is 3.86. The largest absolute Gasteiger partial charge is 0.345 e. The Morgan fingerprint density at radius 1 is 1.39 bits per heavy atom. The lowest BCUT2D eigenvalue weighted by Gasteiger charge is -2.23. The molecule has 0 saturated heterocycles. The van der Waals surface area contributed by atoms with Crippen LogP contribution in [0.1, 0.15) is 54.5 Å². The third-order valence-electron chi connectivity index (χ3n) is 4.66. The lowest BCUT2D eigenvalue weighted by molar-refractivity contribution is 0.102. The van der Waals surface area contributed by atoms with Gasteiger partial charge in [-0.2, -0.15) is 0 Å². The minimum atomic E-state index is 0.0368. The molecule has 3 atom stereocenters. The number of nitrogens with zero attached hydrogens (tertiary/aromatic N) is 1. The zero-order chi connectivity index (χ0) is 13.4. The molecule has 0 bridgehead atoms. The summed E-state index contributed by atoms with van der Waals surface area (Å²) in [6.45, 7) is 8.78. The molecular weight excluding hydrogens is 246 g/mol. The molecular formula is C15H22ClNO. The van der Waals surface area contributed by atoms with E-state index in [2.05, 4.69) is 25.3 Å². The molecule has 1 heterocycles. The van der Waals surface area contributed by atoms with Crippen LogP contribution in [0, 0.1) is 25.7 Å². The van der Waals surface area contributed by atoms with E-state index in [0.717, 1.165) is 17.2 Å². The van der Waals surface area contributed by atoms with Crippen molar-refractivity contribution in [1.29, 1.82) is 0 Å². The number of carbonyl (C=O) groups is 1. The Morgan fingerprint density at radius 2 is 2.06 bits per heavy atom. The topological polar surface area (TPSA) is 22.0 Å². The van der Waals surface area contributed by atoms with Crippen molar-refractivity contribution in [3.05, 3.63) is 23.0 Å². The summed E-state index contributed by atoms with van der Waals surface area (Å²) >= 11 is 5.67. The van der Waals surface area contributed by atoms with Crippen LogP contribution in [0.4, 0.5) is 0 Å². The highest BCUT2D eigenvalue weighted by molar-refractivity contribution is 6.30. The van der Waals surface area contributed by atoms with Gasteiger partial charge in [0.1, 0.15) is 0 Å². The van der Waals surface area contributed by atoms with Crippen LogP contribution in [0.25, 0.3) is 0 Å². The molecule has 1 fully saturated rings. The number of aryl methyl sites for hydroxylation is 1. The first kappa shape index (κ1) is 13.7. The zero-order valence-corrected chi connectivity index (χ0v) is 12.4. The fourth-order valence-corrected chi connectivity index (χ4v) is 3.49. The summed E-state index contributed by atoms with van der Waals surface area (Å²) in [5.41, 5.74) is 3.07. The van der Waals surface area contributed by atoms with Crippen LogP contribution in [0.5, 0.6) is 0 Å². The minimum Gasteiger partial charge on any atom is -0.345 e. The molecule has 0 aromatic carbocycles. The van der Waals surface area contributed by atoms with Gasteiger partial charge in [-0.05, 0) is 44.6 Å². The summed E-state index contributed by atoms with van der Waals surface area (Å²) in [6.07, 6.45) is 2.49. The Hall–Kier alpha value is -0.760. The number of rotatable bonds is 3. The predicted octanol–water partition coefficient (Wildman–Crippen LogP) is 4.13.